The standard InChI is InChI=1S/C18H17ClF3N3O/c19-11-9-23-24(10-11)14-7-12-5-6-13(8-14)25(12)17(26)15-3-1-2-4-16(15)18(20,21)22/h1-4,9-10,12-14H,5-8H2. The Morgan fingerprint density at radius 1 is 1.12 bits per heavy atom. The van der Waals surface area contributed by atoms with Crippen LogP contribution in [-0.4, -0.2) is 32.7 Å². The Balaban J connectivity index is 1.60. The van der Waals surface area contributed by atoms with Gasteiger partial charge in [-0.1, -0.05) is 23.7 Å². The maximum atomic E-state index is 13.3. The van der Waals surface area contributed by atoms with E-state index >= 15 is 0 Å². The van der Waals surface area contributed by atoms with Gasteiger partial charge in [-0.3, -0.25) is 9.48 Å². The zero-order valence-corrected chi connectivity index (χ0v) is 14.5. The summed E-state index contributed by atoms with van der Waals surface area (Å²) in [5.41, 5.74) is -1.14. The molecule has 2 bridgehead atoms. The lowest BCUT2D eigenvalue weighted by molar-refractivity contribution is -0.138. The van der Waals surface area contributed by atoms with E-state index in [2.05, 4.69) is 5.10 Å². The van der Waals surface area contributed by atoms with Gasteiger partial charge in [0, 0.05) is 18.3 Å². The summed E-state index contributed by atoms with van der Waals surface area (Å²) in [7, 11) is 0. The van der Waals surface area contributed by atoms with Gasteiger partial charge in [-0.05, 0) is 37.8 Å². The second-order valence-corrected chi connectivity index (χ2v) is 7.34. The van der Waals surface area contributed by atoms with Crippen LogP contribution in [0.15, 0.2) is 36.7 Å². The van der Waals surface area contributed by atoms with Gasteiger partial charge < -0.3 is 4.90 Å². The molecule has 2 aromatic rings. The fourth-order valence-corrected chi connectivity index (χ4v) is 4.41. The van der Waals surface area contributed by atoms with E-state index in [-0.39, 0.29) is 23.7 Å². The molecule has 2 fully saturated rings. The molecule has 2 aliphatic heterocycles. The van der Waals surface area contributed by atoms with E-state index in [1.165, 1.54) is 18.2 Å². The SMILES string of the molecule is O=C(c1ccccc1C(F)(F)F)N1C2CCC1CC(n1cc(Cl)cn1)C2. The van der Waals surface area contributed by atoms with Gasteiger partial charge in [0.2, 0.25) is 0 Å². The third-order valence-electron chi connectivity index (χ3n) is 5.35. The summed E-state index contributed by atoms with van der Waals surface area (Å²) in [5, 5.41) is 4.79. The molecule has 1 amide bonds. The van der Waals surface area contributed by atoms with E-state index in [1.54, 1.807) is 22.0 Å². The van der Waals surface area contributed by atoms with E-state index in [4.69, 9.17) is 11.6 Å². The first-order valence-electron chi connectivity index (χ1n) is 8.53. The monoisotopic (exact) mass is 383 g/mol. The smallest absolute Gasteiger partial charge is 0.333 e. The highest BCUT2D eigenvalue weighted by Crippen LogP contribution is 2.42. The second-order valence-electron chi connectivity index (χ2n) is 6.90. The fraction of sp³-hybridized carbons (Fsp3) is 0.444. The summed E-state index contributed by atoms with van der Waals surface area (Å²) in [4.78, 5) is 14.6. The number of fused-ring (bicyclic) bond motifs is 2. The van der Waals surface area contributed by atoms with Gasteiger partial charge >= 0.3 is 6.18 Å². The molecule has 0 saturated carbocycles. The number of hydrogen-bond donors (Lipinski definition) is 0. The number of nitrogens with zero attached hydrogens (tertiary/aromatic N) is 3. The molecule has 0 radical (unpaired) electrons. The minimum Gasteiger partial charge on any atom is -0.333 e. The molecule has 26 heavy (non-hydrogen) atoms. The van der Waals surface area contributed by atoms with Crippen molar-refractivity contribution in [3.8, 4) is 0 Å². The first-order valence-corrected chi connectivity index (χ1v) is 8.91. The van der Waals surface area contributed by atoms with Crippen LogP contribution in [0.3, 0.4) is 0 Å². The second kappa shape index (κ2) is 6.30. The number of benzene rings is 1. The molecule has 2 saturated heterocycles. The van der Waals surface area contributed by atoms with Crippen molar-refractivity contribution in [3.05, 3.63) is 52.8 Å². The largest absolute Gasteiger partial charge is 0.417 e. The molecule has 0 spiro atoms. The highest BCUT2D eigenvalue weighted by atomic mass is 35.5. The van der Waals surface area contributed by atoms with E-state index in [9.17, 15) is 18.0 Å². The summed E-state index contributed by atoms with van der Waals surface area (Å²) in [6.07, 6.45) is 1.73. The van der Waals surface area contributed by atoms with Gasteiger partial charge in [-0.15, -0.1) is 0 Å². The quantitative estimate of drug-likeness (QED) is 0.762. The Morgan fingerprint density at radius 2 is 1.77 bits per heavy atom. The number of carbonyl (C=O) groups excluding carboxylic acids is 1. The van der Waals surface area contributed by atoms with Crippen LogP contribution in [0.1, 0.15) is 47.6 Å². The minimum absolute atomic E-state index is 0.0736. The zero-order valence-electron chi connectivity index (χ0n) is 13.8. The Morgan fingerprint density at radius 3 is 2.35 bits per heavy atom. The van der Waals surface area contributed by atoms with E-state index < -0.39 is 17.6 Å². The van der Waals surface area contributed by atoms with E-state index in [0.29, 0.717) is 17.9 Å². The van der Waals surface area contributed by atoms with Gasteiger partial charge in [0.15, 0.2) is 0 Å². The average Bonchev–Trinajstić information content (AvgIpc) is 3.14. The van der Waals surface area contributed by atoms with Gasteiger partial charge in [-0.2, -0.15) is 18.3 Å². The predicted molar refractivity (Wildman–Crippen MR) is 89.9 cm³/mol. The van der Waals surface area contributed by atoms with Crippen molar-refractivity contribution in [2.75, 3.05) is 0 Å². The number of rotatable bonds is 2. The molecule has 138 valence electrons. The van der Waals surface area contributed by atoms with Crippen LogP contribution >= 0.6 is 11.6 Å². The maximum Gasteiger partial charge on any atom is 0.417 e. The minimum atomic E-state index is -4.55. The fourth-order valence-electron chi connectivity index (χ4n) is 4.27. The molecule has 2 atom stereocenters. The Bertz CT molecular complexity index is 821. The lowest BCUT2D eigenvalue weighted by Gasteiger charge is -2.39. The first kappa shape index (κ1) is 17.4. The third-order valence-corrected chi connectivity index (χ3v) is 5.54. The predicted octanol–water partition coefficient (Wildman–Crippen LogP) is 4.56. The van der Waals surface area contributed by atoms with Crippen LogP contribution in [0.5, 0.6) is 0 Å². The highest BCUT2D eigenvalue weighted by Gasteiger charge is 2.46. The van der Waals surface area contributed by atoms with E-state index in [1.807, 2.05) is 0 Å². The van der Waals surface area contributed by atoms with Gasteiger partial charge in [0.25, 0.3) is 5.91 Å². The Labute approximate surface area is 153 Å². The lowest BCUT2D eigenvalue weighted by atomic mass is 9.95. The van der Waals surface area contributed by atoms with Crippen LogP contribution in [0.2, 0.25) is 5.02 Å². The summed E-state index contributed by atoms with van der Waals surface area (Å²) in [5.74, 6) is -0.526. The molecule has 4 nitrogen and oxygen atoms in total. The van der Waals surface area contributed by atoms with Crippen molar-refractivity contribution in [2.45, 2.75) is 50.0 Å². The molecule has 3 heterocycles. The number of alkyl halides is 3. The topological polar surface area (TPSA) is 38.1 Å². The Kier molecular flexibility index (Phi) is 4.22. The number of hydrogen-bond acceptors (Lipinski definition) is 2. The normalized spacial score (nSPS) is 25.5. The zero-order chi connectivity index (χ0) is 18.5. The number of aromatic nitrogens is 2. The van der Waals surface area contributed by atoms with Crippen molar-refractivity contribution in [2.24, 2.45) is 0 Å². The molecular formula is C18H17ClF3N3O. The van der Waals surface area contributed by atoms with Crippen LogP contribution in [0, 0.1) is 0 Å². The number of halogens is 4. The molecule has 0 N–H and O–H groups in total. The van der Waals surface area contributed by atoms with E-state index in [0.717, 1.165) is 18.9 Å². The number of carbonyl (C=O) groups is 1. The number of piperidine rings is 1. The van der Waals surface area contributed by atoms with Crippen molar-refractivity contribution in [1.29, 1.82) is 0 Å². The molecule has 8 heteroatoms. The lowest BCUT2D eigenvalue weighted by Crippen LogP contribution is -2.47. The molecule has 2 aliphatic rings. The summed E-state index contributed by atoms with van der Waals surface area (Å²) >= 11 is 5.93. The van der Waals surface area contributed by atoms with Crippen molar-refractivity contribution < 1.29 is 18.0 Å². The van der Waals surface area contributed by atoms with Gasteiger partial charge in [0.1, 0.15) is 0 Å². The molecular weight excluding hydrogens is 367 g/mol. The number of amides is 1. The molecule has 2 unspecified atom stereocenters. The Hall–Kier alpha value is -2.02. The van der Waals surface area contributed by atoms with Crippen LogP contribution in [0.25, 0.3) is 0 Å². The van der Waals surface area contributed by atoms with Crippen LogP contribution in [-0.2, 0) is 6.18 Å². The average molecular weight is 384 g/mol. The first-order chi connectivity index (χ1) is 12.3. The van der Waals surface area contributed by atoms with Gasteiger partial charge in [-0.25, -0.2) is 0 Å². The molecule has 0 aliphatic carbocycles. The summed E-state index contributed by atoms with van der Waals surface area (Å²) < 4.78 is 41.6. The summed E-state index contributed by atoms with van der Waals surface area (Å²) in [6, 6.07) is 4.98. The van der Waals surface area contributed by atoms with Crippen molar-refractivity contribution in [1.82, 2.24) is 14.7 Å². The van der Waals surface area contributed by atoms with Crippen molar-refractivity contribution >= 4 is 17.5 Å². The van der Waals surface area contributed by atoms with Crippen LogP contribution < -0.4 is 0 Å². The summed E-state index contributed by atoms with van der Waals surface area (Å²) in [6.45, 7) is 0. The maximum absolute atomic E-state index is 13.3. The third kappa shape index (κ3) is 2.98. The molecule has 4 rings (SSSR count). The highest BCUT2D eigenvalue weighted by molar-refractivity contribution is 6.30. The molecule has 1 aromatic carbocycles. The van der Waals surface area contributed by atoms with Crippen molar-refractivity contribution in [3.63, 3.8) is 0 Å². The van der Waals surface area contributed by atoms with Crippen LogP contribution in [0.4, 0.5) is 13.2 Å². The van der Waals surface area contributed by atoms with Gasteiger partial charge in [0.05, 0.1) is 28.4 Å². The molecule has 1 aromatic heterocycles.